The molecular weight excluding hydrogens is 564 g/mol. The Kier molecular flexibility index (Phi) is 7.87. The highest BCUT2D eigenvalue weighted by molar-refractivity contribution is 5.53. The van der Waals surface area contributed by atoms with Gasteiger partial charge in [-0.3, -0.25) is 4.90 Å². The van der Waals surface area contributed by atoms with Crippen molar-refractivity contribution in [3.05, 3.63) is 34.1 Å². The third-order valence-electron chi connectivity index (χ3n) is 9.70. The second-order valence-electron chi connectivity index (χ2n) is 12.7. The van der Waals surface area contributed by atoms with Gasteiger partial charge in [-0.05, 0) is 56.7 Å². The molecule has 43 heavy (non-hydrogen) atoms. The number of fused-ring (bicyclic) bond motifs is 2. The summed E-state index contributed by atoms with van der Waals surface area (Å²) < 4.78 is 63.5. The number of halogens is 4. The molecule has 2 unspecified atom stereocenters. The first-order valence-corrected chi connectivity index (χ1v) is 15.1. The highest BCUT2D eigenvalue weighted by atomic mass is 19.4. The van der Waals surface area contributed by atoms with Crippen LogP contribution in [0.5, 0.6) is 6.01 Å². The Labute approximate surface area is 248 Å². The van der Waals surface area contributed by atoms with Crippen LogP contribution in [-0.2, 0) is 19.0 Å². The van der Waals surface area contributed by atoms with Gasteiger partial charge in [0.25, 0.3) is 0 Å². The number of alkyl halides is 4. The van der Waals surface area contributed by atoms with Crippen LogP contribution in [0.3, 0.4) is 0 Å². The fourth-order valence-corrected chi connectivity index (χ4v) is 7.71. The molecule has 5 atom stereocenters. The molecule has 3 fully saturated rings. The minimum atomic E-state index is -4.58. The standard InChI is InChI=1S/C30H38F4N8O/c1-17-10-22-23(12-21(17)26-25(30(32,33)34)18(2)11-24(36)39-26)38-28(40-27(22)41-9-7-37-20(15-41)4-6-35)43-16-29-5-3-8-42(29)14-19(31)13-29/h11,17,19-21,37H,3-5,7-10,12-16H2,1-2H3,(H2,36,39)/t17?,19-,20+,21?,29+/m1/s1. The van der Waals surface area contributed by atoms with Crippen LogP contribution in [0.15, 0.2) is 6.07 Å². The first kappa shape index (κ1) is 29.8. The molecule has 3 saturated heterocycles. The van der Waals surface area contributed by atoms with Gasteiger partial charge in [-0.15, -0.1) is 0 Å². The predicted molar refractivity (Wildman–Crippen MR) is 153 cm³/mol. The van der Waals surface area contributed by atoms with E-state index < -0.39 is 29.4 Å². The number of anilines is 2. The molecule has 13 heteroatoms. The number of nitriles is 1. The van der Waals surface area contributed by atoms with Gasteiger partial charge < -0.3 is 20.7 Å². The van der Waals surface area contributed by atoms with Gasteiger partial charge in [-0.2, -0.15) is 28.4 Å². The molecular formula is C30H38F4N8O. The van der Waals surface area contributed by atoms with Crippen molar-refractivity contribution in [3.63, 3.8) is 0 Å². The lowest BCUT2D eigenvalue weighted by molar-refractivity contribution is -0.139. The summed E-state index contributed by atoms with van der Waals surface area (Å²) in [7, 11) is 0. The lowest BCUT2D eigenvalue weighted by atomic mass is 9.75. The summed E-state index contributed by atoms with van der Waals surface area (Å²) in [5.41, 5.74) is 6.33. The Morgan fingerprint density at radius 3 is 2.79 bits per heavy atom. The maximum Gasteiger partial charge on any atom is 0.418 e. The van der Waals surface area contributed by atoms with Crippen LogP contribution in [0.1, 0.15) is 66.6 Å². The molecule has 0 saturated carbocycles. The van der Waals surface area contributed by atoms with Gasteiger partial charge in [0.2, 0.25) is 0 Å². The van der Waals surface area contributed by atoms with Gasteiger partial charge in [0.05, 0.1) is 35.0 Å². The third-order valence-corrected chi connectivity index (χ3v) is 9.70. The minimum Gasteiger partial charge on any atom is -0.461 e. The predicted octanol–water partition coefficient (Wildman–Crippen LogP) is 3.95. The summed E-state index contributed by atoms with van der Waals surface area (Å²) in [6, 6.07) is 3.60. The molecule has 1 aliphatic carbocycles. The van der Waals surface area contributed by atoms with Crippen LogP contribution in [0.4, 0.5) is 29.2 Å². The molecule has 3 aliphatic heterocycles. The summed E-state index contributed by atoms with van der Waals surface area (Å²) in [4.78, 5) is 18.2. The van der Waals surface area contributed by atoms with E-state index >= 15 is 0 Å². The molecule has 2 aromatic heterocycles. The van der Waals surface area contributed by atoms with Crippen LogP contribution < -0.4 is 20.7 Å². The quantitative estimate of drug-likeness (QED) is 0.475. The highest BCUT2D eigenvalue weighted by Gasteiger charge is 2.49. The number of ether oxygens (including phenoxy) is 1. The summed E-state index contributed by atoms with van der Waals surface area (Å²) in [6.45, 7) is 6.69. The van der Waals surface area contributed by atoms with Gasteiger partial charge in [-0.1, -0.05) is 6.92 Å². The number of pyridine rings is 1. The SMILES string of the molecule is Cc1cc(N)nc(C2Cc3nc(OC[C@@]45CCCN4C[C@H](F)C5)nc(N4CCN[C@@H](CC#N)C4)c3CC2C)c1C(F)(F)F. The van der Waals surface area contributed by atoms with E-state index in [2.05, 4.69) is 26.2 Å². The molecule has 0 amide bonds. The van der Waals surface area contributed by atoms with Crippen molar-refractivity contribution in [2.24, 2.45) is 5.92 Å². The molecule has 2 aromatic rings. The number of nitrogens with zero attached hydrogens (tertiary/aromatic N) is 6. The van der Waals surface area contributed by atoms with Gasteiger partial charge in [0.15, 0.2) is 0 Å². The van der Waals surface area contributed by atoms with Crippen LogP contribution in [0.2, 0.25) is 0 Å². The number of hydrogen-bond donors (Lipinski definition) is 2. The lowest BCUT2D eigenvalue weighted by Crippen LogP contribution is -2.51. The fourth-order valence-electron chi connectivity index (χ4n) is 7.71. The zero-order valence-corrected chi connectivity index (χ0v) is 24.6. The van der Waals surface area contributed by atoms with E-state index in [9.17, 15) is 22.8 Å². The van der Waals surface area contributed by atoms with E-state index in [4.69, 9.17) is 20.4 Å². The average molecular weight is 603 g/mol. The normalized spacial score (nSPS) is 29.3. The average Bonchev–Trinajstić information content (AvgIpc) is 3.46. The molecule has 4 aliphatic rings. The molecule has 5 heterocycles. The molecule has 0 aromatic carbocycles. The summed E-state index contributed by atoms with van der Waals surface area (Å²) >= 11 is 0. The minimum absolute atomic E-state index is 0.0396. The Balaban J connectivity index is 1.37. The van der Waals surface area contributed by atoms with E-state index in [1.54, 1.807) is 0 Å². The van der Waals surface area contributed by atoms with Crippen molar-refractivity contribution in [3.8, 4) is 12.1 Å². The zero-order chi connectivity index (χ0) is 30.5. The summed E-state index contributed by atoms with van der Waals surface area (Å²) in [6.07, 6.45) is -2.26. The number of aryl methyl sites for hydroxylation is 1. The number of nitrogens with one attached hydrogen (secondary N) is 1. The van der Waals surface area contributed by atoms with Crippen molar-refractivity contribution in [2.75, 3.05) is 50.0 Å². The zero-order valence-electron chi connectivity index (χ0n) is 24.6. The number of rotatable bonds is 6. The van der Waals surface area contributed by atoms with E-state index in [0.717, 1.165) is 24.9 Å². The number of nitrogen functional groups attached to an aromatic ring is 1. The molecule has 9 nitrogen and oxygen atoms in total. The van der Waals surface area contributed by atoms with Gasteiger partial charge in [0, 0.05) is 50.1 Å². The van der Waals surface area contributed by atoms with Crippen LogP contribution in [-0.4, -0.2) is 76.9 Å². The Hall–Kier alpha value is -3.24. The van der Waals surface area contributed by atoms with Crippen molar-refractivity contribution in [1.29, 1.82) is 5.26 Å². The topological polar surface area (TPSA) is 116 Å². The lowest BCUT2D eigenvalue weighted by Gasteiger charge is -2.38. The fraction of sp³-hybridized carbons (Fsp3) is 0.667. The second kappa shape index (κ2) is 11.4. The van der Waals surface area contributed by atoms with Gasteiger partial charge in [0.1, 0.15) is 24.4 Å². The first-order valence-electron chi connectivity index (χ1n) is 15.1. The number of piperazine rings is 1. The van der Waals surface area contributed by atoms with Crippen LogP contribution >= 0.6 is 0 Å². The van der Waals surface area contributed by atoms with E-state index in [0.29, 0.717) is 57.0 Å². The molecule has 232 valence electrons. The monoisotopic (exact) mass is 602 g/mol. The third kappa shape index (κ3) is 5.71. The van der Waals surface area contributed by atoms with E-state index in [1.807, 2.05) is 6.92 Å². The van der Waals surface area contributed by atoms with E-state index in [-0.39, 0.29) is 48.1 Å². The molecule has 0 radical (unpaired) electrons. The largest absolute Gasteiger partial charge is 0.461 e. The van der Waals surface area contributed by atoms with Crippen molar-refractivity contribution < 1.29 is 22.3 Å². The molecule has 3 N–H and O–H groups in total. The smallest absolute Gasteiger partial charge is 0.418 e. The summed E-state index contributed by atoms with van der Waals surface area (Å²) in [5, 5.41) is 12.7. The molecule has 0 bridgehead atoms. The van der Waals surface area contributed by atoms with Gasteiger partial charge >= 0.3 is 12.2 Å². The van der Waals surface area contributed by atoms with E-state index in [1.165, 1.54) is 13.0 Å². The van der Waals surface area contributed by atoms with Crippen molar-refractivity contribution in [2.45, 2.75) is 82.2 Å². The Morgan fingerprint density at radius 1 is 1.21 bits per heavy atom. The number of aromatic nitrogens is 3. The van der Waals surface area contributed by atoms with Crippen LogP contribution in [0, 0.1) is 24.2 Å². The molecule has 6 rings (SSSR count). The maximum absolute atomic E-state index is 14.4. The number of nitrogens with two attached hydrogens (primary N) is 1. The maximum atomic E-state index is 14.4. The first-order chi connectivity index (χ1) is 20.5. The Bertz CT molecular complexity index is 1410. The Morgan fingerprint density at radius 2 is 2.02 bits per heavy atom. The van der Waals surface area contributed by atoms with Gasteiger partial charge in [-0.25, -0.2) is 9.37 Å². The summed E-state index contributed by atoms with van der Waals surface area (Å²) in [5.74, 6) is -0.0149. The molecule has 0 spiro atoms. The van der Waals surface area contributed by atoms with Crippen molar-refractivity contribution in [1.82, 2.24) is 25.2 Å². The second-order valence-corrected chi connectivity index (χ2v) is 12.7. The van der Waals surface area contributed by atoms with Crippen LogP contribution in [0.25, 0.3) is 0 Å². The number of hydrogen-bond acceptors (Lipinski definition) is 9. The van der Waals surface area contributed by atoms with Crippen molar-refractivity contribution >= 4 is 11.6 Å². The highest BCUT2D eigenvalue weighted by Crippen LogP contribution is 2.45.